The van der Waals surface area contributed by atoms with E-state index >= 15 is 0 Å². The fourth-order valence-corrected chi connectivity index (χ4v) is 1.72. The van der Waals surface area contributed by atoms with Gasteiger partial charge in [-0.2, -0.15) is 0 Å². The summed E-state index contributed by atoms with van der Waals surface area (Å²) in [7, 11) is 1.37. The minimum absolute atomic E-state index is 0.357. The largest absolute Gasteiger partial charge is 0.465 e. The van der Waals surface area contributed by atoms with Crippen LogP contribution in [0.2, 0.25) is 0 Å². The van der Waals surface area contributed by atoms with Crippen LogP contribution in [0.25, 0.3) is 0 Å². The third-order valence-corrected chi connectivity index (χ3v) is 2.69. The zero-order chi connectivity index (χ0) is 13.5. The molecule has 2 aromatic carbocycles. The Bertz CT molecular complexity index is 618. The highest BCUT2D eigenvalue weighted by molar-refractivity contribution is 5.92. The first-order valence-corrected chi connectivity index (χ1v) is 6.01. The summed E-state index contributed by atoms with van der Waals surface area (Å²) in [5, 5.41) is 0. The van der Waals surface area contributed by atoms with E-state index in [9.17, 15) is 4.79 Å². The summed E-state index contributed by atoms with van der Waals surface area (Å²) in [6.45, 7) is 0. The maximum atomic E-state index is 11.6. The molecule has 0 spiro atoms. The van der Waals surface area contributed by atoms with E-state index in [2.05, 4.69) is 11.8 Å². The highest BCUT2D eigenvalue weighted by Gasteiger charge is 2.08. The van der Waals surface area contributed by atoms with Crippen LogP contribution in [0.4, 0.5) is 0 Å². The van der Waals surface area contributed by atoms with E-state index in [1.807, 2.05) is 42.5 Å². The summed E-state index contributed by atoms with van der Waals surface area (Å²) in [6.07, 6.45) is 0.663. The van der Waals surface area contributed by atoms with Crippen LogP contribution in [-0.4, -0.2) is 13.1 Å². The Labute approximate surface area is 113 Å². The molecule has 0 aliphatic heterocycles. The van der Waals surface area contributed by atoms with Gasteiger partial charge in [0, 0.05) is 12.0 Å². The number of methoxy groups -OCH3 is 1. The van der Waals surface area contributed by atoms with Crippen molar-refractivity contribution in [2.45, 2.75) is 6.42 Å². The van der Waals surface area contributed by atoms with Crippen LogP contribution in [0.1, 0.15) is 21.5 Å². The van der Waals surface area contributed by atoms with E-state index in [1.165, 1.54) is 7.11 Å². The molecular weight excluding hydrogens is 236 g/mol. The number of carbonyl (C=O) groups excluding carboxylic acids is 1. The molecule has 0 aliphatic rings. The Kier molecular flexibility index (Phi) is 4.36. The Balaban J connectivity index is 2.18. The fourth-order valence-electron chi connectivity index (χ4n) is 1.72. The lowest BCUT2D eigenvalue weighted by molar-refractivity contribution is 0.0600. The Hall–Kier alpha value is -2.53. The molecule has 0 radical (unpaired) electrons. The predicted molar refractivity (Wildman–Crippen MR) is 74.8 cm³/mol. The second kappa shape index (κ2) is 6.42. The van der Waals surface area contributed by atoms with Gasteiger partial charge in [-0.15, -0.1) is 0 Å². The van der Waals surface area contributed by atoms with Crippen LogP contribution in [0.15, 0.2) is 54.6 Å². The molecule has 2 aromatic rings. The molecule has 0 N–H and O–H groups in total. The van der Waals surface area contributed by atoms with Crippen LogP contribution in [0, 0.1) is 11.8 Å². The lowest BCUT2D eigenvalue weighted by Gasteiger charge is -2.01. The van der Waals surface area contributed by atoms with Gasteiger partial charge in [0.25, 0.3) is 0 Å². The second-order valence-corrected chi connectivity index (χ2v) is 4.00. The van der Waals surface area contributed by atoms with Crippen molar-refractivity contribution < 1.29 is 9.53 Å². The molecule has 0 saturated carbocycles. The number of ether oxygens (including phenoxy) is 1. The number of carbonyl (C=O) groups is 1. The van der Waals surface area contributed by atoms with Gasteiger partial charge in [-0.25, -0.2) is 4.79 Å². The SMILES string of the molecule is COC(=O)c1ccccc1C#CCc1ccccc1. The molecule has 2 rings (SSSR count). The molecule has 2 nitrogen and oxygen atoms in total. The van der Waals surface area contributed by atoms with Crippen molar-refractivity contribution in [3.8, 4) is 11.8 Å². The molecule has 0 heterocycles. The van der Waals surface area contributed by atoms with E-state index < -0.39 is 0 Å². The number of benzene rings is 2. The van der Waals surface area contributed by atoms with Crippen LogP contribution >= 0.6 is 0 Å². The van der Waals surface area contributed by atoms with E-state index in [0.29, 0.717) is 17.5 Å². The summed E-state index contributed by atoms with van der Waals surface area (Å²) < 4.78 is 4.73. The lowest BCUT2D eigenvalue weighted by Crippen LogP contribution is -2.03. The standard InChI is InChI=1S/C17H14O2/c1-19-17(18)16-13-6-5-11-15(16)12-7-10-14-8-3-2-4-9-14/h2-6,8-9,11,13H,10H2,1H3. The van der Waals surface area contributed by atoms with Crippen LogP contribution < -0.4 is 0 Å². The highest BCUT2D eigenvalue weighted by atomic mass is 16.5. The summed E-state index contributed by atoms with van der Waals surface area (Å²) in [5.41, 5.74) is 2.36. The molecule has 0 fully saturated rings. The van der Waals surface area contributed by atoms with E-state index in [1.54, 1.807) is 12.1 Å². The van der Waals surface area contributed by atoms with Crippen LogP contribution in [0.3, 0.4) is 0 Å². The molecule has 0 aromatic heterocycles. The molecule has 0 bridgehead atoms. The molecule has 0 aliphatic carbocycles. The fraction of sp³-hybridized carbons (Fsp3) is 0.118. The second-order valence-electron chi connectivity index (χ2n) is 4.00. The van der Waals surface area contributed by atoms with Gasteiger partial charge in [-0.05, 0) is 17.7 Å². The molecular formula is C17H14O2. The van der Waals surface area contributed by atoms with Crippen molar-refractivity contribution in [1.82, 2.24) is 0 Å². The van der Waals surface area contributed by atoms with Crippen molar-refractivity contribution in [2.24, 2.45) is 0 Å². The van der Waals surface area contributed by atoms with Crippen LogP contribution in [0.5, 0.6) is 0 Å². The quantitative estimate of drug-likeness (QED) is 0.605. The minimum Gasteiger partial charge on any atom is -0.465 e. The van der Waals surface area contributed by atoms with Crippen molar-refractivity contribution in [3.63, 3.8) is 0 Å². The van der Waals surface area contributed by atoms with Gasteiger partial charge in [-0.1, -0.05) is 54.3 Å². The summed E-state index contributed by atoms with van der Waals surface area (Å²) in [5.74, 6) is 5.75. The third-order valence-electron chi connectivity index (χ3n) is 2.69. The van der Waals surface area contributed by atoms with Gasteiger partial charge in [0.1, 0.15) is 0 Å². The van der Waals surface area contributed by atoms with Gasteiger partial charge < -0.3 is 4.74 Å². The maximum Gasteiger partial charge on any atom is 0.339 e. The van der Waals surface area contributed by atoms with E-state index in [-0.39, 0.29) is 5.97 Å². The zero-order valence-electron chi connectivity index (χ0n) is 10.7. The topological polar surface area (TPSA) is 26.3 Å². The minimum atomic E-state index is -0.357. The lowest BCUT2D eigenvalue weighted by atomic mass is 10.1. The summed E-state index contributed by atoms with van der Waals surface area (Å²) >= 11 is 0. The third kappa shape index (κ3) is 3.46. The number of esters is 1. The normalized spacial score (nSPS) is 9.32. The first-order chi connectivity index (χ1) is 9.31. The molecule has 0 unspecified atom stereocenters. The molecule has 2 heteroatoms. The number of hydrogen-bond donors (Lipinski definition) is 0. The van der Waals surface area contributed by atoms with Crippen molar-refractivity contribution in [1.29, 1.82) is 0 Å². The smallest absolute Gasteiger partial charge is 0.339 e. The van der Waals surface area contributed by atoms with Gasteiger partial charge >= 0.3 is 5.97 Å². The Morgan fingerprint density at radius 1 is 1.05 bits per heavy atom. The first-order valence-electron chi connectivity index (χ1n) is 6.01. The predicted octanol–water partition coefficient (Wildman–Crippen LogP) is 3.07. The monoisotopic (exact) mass is 250 g/mol. The molecule has 19 heavy (non-hydrogen) atoms. The molecule has 0 amide bonds. The molecule has 0 saturated heterocycles. The van der Waals surface area contributed by atoms with Gasteiger partial charge in [0.05, 0.1) is 12.7 Å². The number of hydrogen-bond acceptors (Lipinski definition) is 2. The summed E-state index contributed by atoms with van der Waals surface area (Å²) in [6, 6.07) is 17.2. The van der Waals surface area contributed by atoms with Gasteiger partial charge in [0.2, 0.25) is 0 Å². The van der Waals surface area contributed by atoms with E-state index in [4.69, 9.17) is 4.74 Å². The van der Waals surface area contributed by atoms with Gasteiger partial charge in [-0.3, -0.25) is 0 Å². The van der Waals surface area contributed by atoms with Crippen molar-refractivity contribution in [3.05, 3.63) is 71.3 Å². The summed E-state index contributed by atoms with van der Waals surface area (Å²) in [4.78, 5) is 11.6. The van der Waals surface area contributed by atoms with Crippen LogP contribution in [-0.2, 0) is 11.2 Å². The average molecular weight is 250 g/mol. The number of rotatable bonds is 2. The Morgan fingerprint density at radius 2 is 1.74 bits per heavy atom. The highest BCUT2D eigenvalue weighted by Crippen LogP contribution is 2.08. The maximum absolute atomic E-state index is 11.6. The van der Waals surface area contributed by atoms with Crippen molar-refractivity contribution in [2.75, 3.05) is 7.11 Å². The molecule has 0 atom stereocenters. The Morgan fingerprint density at radius 3 is 2.47 bits per heavy atom. The van der Waals surface area contributed by atoms with Crippen molar-refractivity contribution >= 4 is 5.97 Å². The zero-order valence-corrected chi connectivity index (χ0v) is 10.7. The molecule has 94 valence electrons. The van der Waals surface area contributed by atoms with Gasteiger partial charge in [0.15, 0.2) is 0 Å². The van der Waals surface area contributed by atoms with E-state index in [0.717, 1.165) is 5.56 Å². The average Bonchev–Trinajstić information content (AvgIpc) is 2.48. The first kappa shape index (κ1) is 12.9.